The zero-order valence-corrected chi connectivity index (χ0v) is 10.5. The Kier molecular flexibility index (Phi) is 6.70. The van der Waals surface area contributed by atoms with Crippen molar-refractivity contribution in [1.82, 2.24) is 0 Å². The summed E-state index contributed by atoms with van der Waals surface area (Å²) in [6.45, 7) is 7.24. The minimum atomic E-state index is -3.66. The van der Waals surface area contributed by atoms with Gasteiger partial charge in [0.25, 0.3) is 0 Å². The first-order valence-corrected chi connectivity index (χ1v) is 6.53. The molecule has 0 aliphatic rings. The molecule has 2 atom stereocenters. The Morgan fingerprint density at radius 3 is 1.87 bits per heavy atom. The molecule has 88 valence electrons. The highest BCUT2D eigenvalue weighted by Crippen LogP contribution is 2.52. The van der Waals surface area contributed by atoms with Gasteiger partial charge in [-0.15, -0.1) is 0 Å². The highest BCUT2D eigenvalue weighted by atomic mass is 31.2. The highest BCUT2D eigenvalue weighted by molar-refractivity contribution is 7.52. The summed E-state index contributed by atoms with van der Waals surface area (Å²) in [6, 6.07) is 0. The van der Waals surface area contributed by atoms with Crippen LogP contribution < -0.4 is 0 Å². The number of hydrogen-bond donors (Lipinski definition) is 0. The van der Waals surface area contributed by atoms with Crippen molar-refractivity contribution in [3.8, 4) is 0 Å². The van der Waals surface area contributed by atoms with Gasteiger partial charge in [0, 0.05) is 0 Å². The Bertz CT molecular complexity index is 259. The van der Waals surface area contributed by atoms with Crippen molar-refractivity contribution in [2.24, 2.45) is 4.76 Å². The second-order valence-corrected chi connectivity index (χ2v) is 4.87. The third-order valence-corrected chi connectivity index (χ3v) is 3.52. The maximum atomic E-state index is 11.9. The Hall–Kier alpha value is -0.470. The van der Waals surface area contributed by atoms with Crippen LogP contribution in [0.4, 0.5) is 0 Å². The topological polar surface area (TPSA) is 65.0 Å². The van der Waals surface area contributed by atoms with Gasteiger partial charge in [0.1, 0.15) is 0 Å². The lowest BCUT2D eigenvalue weighted by molar-refractivity contribution is 0.124. The Labute approximate surface area is 90.5 Å². The molecule has 0 saturated carbocycles. The summed E-state index contributed by atoms with van der Waals surface area (Å²) < 4.78 is 25.2. The number of nitrogens with zero attached hydrogens (tertiary/aromatic N) is 1. The lowest BCUT2D eigenvalue weighted by Gasteiger charge is -2.19. The number of carbonyl (C=O) groups excluding carboxylic acids is 1. The molecule has 0 aliphatic heterocycles. The summed E-state index contributed by atoms with van der Waals surface area (Å²) in [5.74, 6) is 0. The molecular weight excluding hydrogens is 217 g/mol. The molecular formula is C9H18NO4P. The van der Waals surface area contributed by atoms with Crippen LogP contribution >= 0.6 is 7.75 Å². The van der Waals surface area contributed by atoms with Crippen LogP contribution in [-0.2, 0) is 18.4 Å². The molecule has 0 aromatic rings. The summed E-state index contributed by atoms with van der Waals surface area (Å²) >= 11 is 0. The Morgan fingerprint density at radius 1 is 1.20 bits per heavy atom. The monoisotopic (exact) mass is 235 g/mol. The zero-order valence-electron chi connectivity index (χ0n) is 9.60. The van der Waals surface area contributed by atoms with Gasteiger partial charge >= 0.3 is 7.75 Å². The first kappa shape index (κ1) is 14.5. The zero-order chi connectivity index (χ0) is 11.9. The summed E-state index contributed by atoms with van der Waals surface area (Å²) in [4.78, 5) is 10.1. The molecule has 0 amide bonds. The molecule has 0 aliphatic carbocycles. The van der Waals surface area contributed by atoms with E-state index in [1.165, 1.54) is 6.08 Å². The molecule has 0 rings (SSSR count). The fourth-order valence-corrected chi connectivity index (χ4v) is 2.18. The molecule has 5 nitrogen and oxygen atoms in total. The standard InChI is InChI=1S/C9H18NO4P/c1-5-8(3)13-15(12,10-7-11)14-9(4)6-2/h8-9H,5-6H2,1-4H3. The SMILES string of the molecule is CCC(C)OP(=O)(N=C=O)OC(C)CC. The fraction of sp³-hybridized carbons (Fsp3) is 0.889. The van der Waals surface area contributed by atoms with Crippen molar-refractivity contribution >= 4 is 13.8 Å². The summed E-state index contributed by atoms with van der Waals surface area (Å²) in [6.07, 6.45) is 2.03. The van der Waals surface area contributed by atoms with Crippen LogP contribution in [0.1, 0.15) is 40.5 Å². The molecule has 0 fully saturated rings. The first-order valence-electron chi connectivity index (χ1n) is 5.03. The van der Waals surface area contributed by atoms with Gasteiger partial charge < -0.3 is 0 Å². The lowest BCUT2D eigenvalue weighted by Crippen LogP contribution is -2.10. The minimum Gasteiger partial charge on any atom is -0.287 e. The summed E-state index contributed by atoms with van der Waals surface area (Å²) in [7, 11) is -3.66. The predicted octanol–water partition coefficient (Wildman–Crippen LogP) is 3.06. The van der Waals surface area contributed by atoms with Gasteiger partial charge in [0.05, 0.1) is 12.2 Å². The third-order valence-electron chi connectivity index (χ3n) is 1.94. The minimum absolute atomic E-state index is 0.267. The van der Waals surface area contributed by atoms with Crippen LogP contribution in [-0.4, -0.2) is 18.3 Å². The Balaban J connectivity index is 4.59. The average Bonchev–Trinajstić information content (AvgIpc) is 2.17. The van der Waals surface area contributed by atoms with Gasteiger partial charge in [-0.1, -0.05) is 18.6 Å². The normalized spacial score (nSPS) is 18.7. The molecule has 2 unspecified atom stereocenters. The first-order chi connectivity index (χ1) is 6.97. The molecule has 0 N–H and O–H groups in total. The number of rotatable bonds is 7. The predicted molar refractivity (Wildman–Crippen MR) is 57.4 cm³/mol. The molecule has 0 saturated heterocycles. The van der Waals surface area contributed by atoms with Gasteiger partial charge in [-0.3, -0.25) is 9.05 Å². The molecule has 0 radical (unpaired) electrons. The van der Waals surface area contributed by atoms with E-state index in [1.807, 2.05) is 13.8 Å². The highest BCUT2D eigenvalue weighted by Gasteiger charge is 2.28. The fourth-order valence-electron chi connectivity index (χ4n) is 0.726. The molecule has 6 heteroatoms. The van der Waals surface area contributed by atoms with E-state index in [2.05, 4.69) is 4.76 Å². The molecule has 0 heterocycles. The molecule has 0 bridgehead atoms. The van der Waals surface area contributed by atoms with E-state index in [0.717, 1.165) is 0 Å². The van der Waals surface area contributed by atoms with E-state index in [0.29, 0.717) is 12.8 Å². The molecule has 15 heavy (non-hydrogen) atoms. The maximum absolute atomic E-state index is 11.9. The van der Waals surface area contributed by atoms with Crippen LogP contribution in [0.5, 0.6) is 0 Å². The van der Waals surface area contributed by atoms with Crippen molar-refractivity contribution in [1.29, 1.82) is 0 Å². The van der Waals surface area contributed by atoms with Crippen LogP contribution in [0.15, 0.2) is 4.76 Å². The van der Waals surface area contributed by atoms with Crippen molar-refractivity contribution in [2.45, 2.75) is 52.7 Å². The Morgan fingerprint density at radius 2 is 1.60 bits per heavy atom. The second kappa shape index (κ2) is 6.91. The average molecular weight is 235 g/mol. The van der Waals surface area contributed by atoms with E-state index < -0.39 is 7.75 Å². The smallest absolute Gasteiger partial charge is 0.287 e. The van der Waals surface area contributed by atoms with Gasteiger partial charge in [-0.25, -0.2) is 9.36 Å². The molecule has 0 aromatic heterocycles. The van der Waals surface area contributed by atoms with Gasteiger partial charge in [0.15, 0.2) is 0 Å². The summed E-state index contributed by atoms with van der Waals surface area (Å²) in [5, 5.41) is 0. The summed E-state index contributed by atoms with van der Waals surface area (Å²) in [5.41, 5.74) is 0. The lowest BCUT2D eigenvalue weighted by atomic mass is 10.3. The van der Waals surface area contributed by atoms with Crippen LogP contribution in [0, 0.1) is 0 Å². The van der Waals surface area contributed by atoms with Gasteiger partial charge in [0.2, 0.25) is 6.08 Å². The van der Waals surface area contributed by atoms with E-state index in [9.17, 15) is 9.36 Å². The maximum Gasteiger partial charge on any atom is 0.465 e. The van der Waals surface area contributed by atoms with Crippen molar-refractivity contribution in [3.05, 3.63) is 0 Å². The number of isocyanates is 1. The largest absolute Gasteiger partial charge is 0.465 e. The van der Waals surface area contributed by atoms with Crippen molar-refractivity contribution in [3.63, 3.8) is 0 Å². The van der Waals surface area contributed by atoms with Gasteiger partial charge in [-0.2, -0.15) is 0 Å². The van der Waals surface area contributed by atoms with Crippen molar-refractivity contribution < 1.29 is 18.4 Å². The third kappa shape index (κ3) is 5.85. The van der Waals surface area contributed by atoms with Gasteiger partial charge in [-0.05, 0) is 26.7 Å². The van der Waals surface area contributed by atoms with E-state index >= 15 is 0 Å². The van der Waals surface area contributed by atoms with E-state index in [4.69, 9.17) is 9.05 Å². The molecule has 0 spiro atoms. The van der Waals surface area contributed by atoms with Crippen molar-refractivity contribution in [2.75, 3.05) is 0 Å². The van der Waals surface area contributed by atoms with Crippen LogP contribution in [0.25, 0.3) is 0 Å². The molecule has 0 aromatic carbocycles. The van der Waals surface area contributed by atoms with E-state index in [1.54, 1.807) is 13.8 Å². The van der Waals surface area contributed by atoms with E-state index in [-0.39, 0.29) is 12.2 Å². The quantitative estimate of drug-likeness (QED) is 0.386. The number of hydrogen-bond acceptors (Lipinski definition) is 4. The second-order valence-electron chi connectivity index (χ2n) is 3.31. The van der Waals surface area contributed by atoms with Crippen LogP contribution in [0.2, 0.25) is 0 Å². The van der Waals surface area contributed by atoms with Crippen LogP contribution in [0.3, 0.4) is 0 Å².